The topological polar surface area (TPSA) is 59.1 Å². The molecular weight excluding hydrogens is 331 g/mol. The van der Waals surface area contributed by atoms with Gasteiger partial charge in [-0.05, 0) is 18.6 Å². The Labute approximate surface area is 152 Å². The van der Waals surface area contributed by atoms with E-state index in [0.717, 1.165) is 18.5 Å². The highest BCUT2D eigenvalue weighted by Crippen LogP contribution is 2.24. The van der Waals surface area contributed by atoms with Crippen molar-refractivity contribution in [1.29, 1.82) is 0 Å². The fraction of sp³-hybridized carbons (Fsp3) is 0.200. The Bertz CT molecular complexity index is 842. The third-order valence-electron chi connectivity index (χ3n) is 3.73. The van der Waals surface area contributed by atoms with Crippen LogP contribution in [-0.4, -0.2) is 30.2 Å². The van der Waals surface area contributed by atoms with Crippen molar-refractivity contribution in [1.82, 2.24) is 9.97 Å². The summed E-state index contributed by atoms with van der Waals surface area (Å²) in [5, 5.41) is 6.30. The summed E-state index contributed by atoms with van der Waals surface area (Å²) < 4.78 is 19.0. The van der Waals surface area contributed by atoms with E-state index in [4.69, 9.17) is 4.74 Å². The average molecular weight is 352 g/mol. The first-order valence-electron chi connectivity index (χ1n) is 8.45. The van der Waals surface area contributed by atoms with Crippen LogP contribution in [0.15, 0.2) is 60.7 Å². The summed E-state index contributed by atoms with van der Waals surface area (Å²) in [6.07, 6.45) is 0.858. The number of benzene rings is 2. The number of ether oxygens (including phenoxy) is 1. The predicted octanol–water partition coefficient (Wildman–Crippen LogP) is 4.47. The molecule has 2 N–H and O–H groups in total. The summed E-state index contributed by atoms with van der Waals surface area (Å²) in [6.45, 7) is 1.39. The minimum atomic E-state index is -0.332. The Balaban J connectivity index is 1.88. The molecule has 3 aromatic rings. The molecule has 0 fully saturated rings. The van der Waals surface area contributed by atoms with Gasteiger partial charge in [-0.3, -0.25) is 0 Å². The molecule has 5 nitrogen and oxygen atoms in total. The van der Waals surface area contributed by atoms with E-state index in [2.05, 4.69) is 20.6 Å². The van der Waals surface area contributed by atoms with E-state index in [9.17, 15) is 4.39 Å². The van der Waals surface area contributed by atoms with Crippen LogP contribution in [0.2, 0.25) is 0 Å². The third kappa shape index (κ3) is 4.77. The lowest BCUT2D eigenvalue weighted by Crippen LogP contribution is -2.08. The van der Waals surface area contributed by atoms with Crippen LogP contribution in [0.3, 0.4) is 0 Å². The molecule has 0 atom stereocenters. The van der Waals surface area contributed by atoms with Crippen molar-refractivity contribution in [3.8, 4) is 11.4 Å². The number of rotatable bonds is 8. The van der Waals surface area contributed by atoms with Crippen LogP contribution in [0, 0.1) is 5.82 Å². The van der Waals surface area contributed by atoms with Crippen molar-refractivity contribution < 1.29 is 9.13 Å². The second-order valence-electron chi connectivity index (χ2n) is 5.71. The van der Waals surface area contributed by atoms with E-state index in [-0.39, 0.29) is 5.82 Å². The first-order valence-corrected chi connectivity index (χ1v) is 8.45. The molecule has 134 valence electrons. The first-order chi connectivity index (χ1) is 12.8. The molecule has 0 aliphatic rings. The molecule has 0 aliphatic heterocycles. The number of anilines is 3. The van der Waals surface area contributed by atoms with Crippen LogP contribution in [-0.2, 0) is 4.74 Å². The van der Waals surface area contributed by atoms with Crippen molar-refractivity contribution >= 4 is 17.3 Å². The molecule has 26 heavy (non-hydrogen) atoms. The minimum Gasteiger partial charge on any atom is -0.385 e. The zero-order valence-corrected chi connectivity index (χ0v) is 14.6. The molecule has 1 aromatic heterocycles. The number of aromatic nitrogens is 2. The molecule has 1 heterocycles. The molecule has 2 aromatic carbocycles. The number of hydrogen-bond donors (Lipinski definition) is 2. The number of nitrogens with zero attached hydrogens (tertiary/aromatic N) is 2. The molecule has 0 saturated carbocycles. The van der Waals surface area contributed by atoms with Crippen molar-refractivity contribution in [2.24, 2.45) is 0 Å². The highest BCUT2D eigenvalue weighted by Gasteiger charge is 2.09. The summed E-state index contributed by atoms with van der Waals surface area (Å²) in [7, 11) is 1.68. The fourth-order valence-electron chi connectivity index (χ4n) is 2.45. The molecule has 6 heteroatoms. The summed E-state index contributed by atoms with van der Waals surface area (Å²) in [5.41, 5.74) is 1.26. The highest BCUT2D eigenvalue weighted by atomic mass is 19.1. The van der Waals surface area contributed by atoms with Gasteiger partial charge >= 0.3 is 0 Å². The van der Waals surface area contributed by atoms with Gasteiger partial charge in [-0.25, -0.2) is 14.4 Å². The van der Waals surface area contributed by atoms with Crippen molar-refractivity contribution in [3.05, 3.63) is 66.5 Å². The molecular formula is C20H21FN4O. The van der Waals surface area contributed by atoms with E-state index in [1.165, 1.54) is 6.07 Å². The maximum absolute atomic E-state index is 14.0. The Hall–Kier alpha value is -2.99. The Morgan fingerprint density at radius 2 is 1.69 bits per heavy atom. The van der Waals surface area contributed by atoms with Crippen LogP contribution in [0.5, 0.6) is 0 Å². The van der Waals surface area contributed by atoms with Gasteiger partial charge < -0.3 is 15.4 Å². The van der Waals surface area contributed by atoms with Gasteiger partial charge in [0.25, 0.3) is 0 Å². The van der Waals surface area contributed by atoms with Gasteiger partial charge in [0.2, 0.25) is 0 Å². The lowest BCUT2D eigenvalue weighted by atomic mass is 10.2. The molecule has 0 saturated heterocycles. The van der Waals surface area contributed by atoms with Crippen LogP contribution in [0.4, 0.5) is 21.7 Å². The zero-order valence-electron chi connectivity index (χ0n) is 14.6. The van der Waals surface area contributed by atoms with Gasteiger partial charge in [0.05, 0.1) is 5.69 Å². The van der Waals surface area contributed by atoms with E-state index in [0.29, 0.717) is 29.8 Å². The summed E-state index contributed by atoms with van der Waals surface area (Å²) in [6, 6.07) is 18.0. The molecule has 0 radical (unpaired) electrons. The molecule has 0 bridgehead atoms. The molecule has 0 spiro atoms. The second-order valence-corrected chi connectivity index (χ2v) is 5.71. The normalized spacial score (nSPS) is 10.5. The van der Waals surface area contributed by atoms with Crippen molar-refractivity contribution in [2.45, 2.75) is 6.42 Å². The van der Waals surface area contributed by atoms with E-state index in [1.807, 2.05) is 30.3 Å². The Morgan fingerprint density at radius 1 is 0.962 bits per heavy atom. The van der Waals surface area contributed by atoms with E-state index < -0.39 is 0 Å². The quantitative estimate of drug-likeness (QED) is 0.586. The lowest BCUT2D eigenvalue weighted by Gasteiger charge is -2.12. The minimum absolute atomic E-state index is 0.332. The molecule has 0 amide bonds. The van der Waals surface area contributed by atoms with Crippen LogP contribution >= 0.6 is 0 Å². The van der Waals surface area contributed by atoms with Gasteiger partial charge in [-0.2, -0.15) is 0 Å². The standard InChI is InChI=1S/C20H21FN4O/c1-26-13-7-12-22-18-14-19(23-17-11-6-5-10-16(17)21)25-20(24-18)15-8-3-2-4-9-15/h2-6,8-11,14H,7,12-13H2,1H3,(H2,22,23,24,25). The van der Waals surface area contributed by atoms with E-state index >= 15 is 0 Å². The molecule has 0 aliphatic carbocycles. The van der Waals surface area contributed by atoms with Gasteiger partial charge in [0.15, 0.2) is 5.82 Å². The second kappa shape index (κ2) is 8.92. The largest absolute Gasteiger partial charge is 0.385 e. The third-order valence-corrected chi connectivity index (χ3v) is 3.73. The highest BCUT2D eigenvalue weighted by molar-refractivity contribution is 5.65. The Kier molecular flexibility index (Phi) is 6.11. The van der Waals surface area contributed by atoms with Crippen LogP contribution in [0.25, 0.3) is 11.4 Å². The maximum atomic E-state index is 14.0. The predicted molar refractivity (Wildman–Crippen MR) is 102 cm³/mol. The summed E-state index contributed by atoms with van der Waals surface area (Å²) in [4.78, 5) is 9.10. The fourth-order valence-corrected chi connectivity index (χ4v) is 2.45. The lowest BCUT2D eigenvalue weighted by molar-refractivity contribution is 0.198. The smallest absolute Gasteiger partial charge is 0.163 e. The Morgan fingerprint density at radius 3 is 2.46 bits per heavy atom. The summed E-state index contributed by atoms with van der Waals surface area (Å²) in [5.74, 6) is 1.44. The molecule has 0 unspecified atom stereocenters. The first kappa shape index (κ1) is 17.8. The van der Waals surface area contributed by atoms with Gasteiger partial charge in [-0.1, -0.05) is 42.5 Å². The van der Waals surface area contributed by atoms with Gasteiger partial charge in [-0.15, -0.1) is 0 Å². The summed E-state index contributed by atoms with van der Waals surface area (Å²) >= 11 is 0. The maximum Gasteiger partial charge on any atom is 0.163 e. The zero-order chi connectivity index (χ0) is 18.2. The molecule has 3 rings (SSSR count). The number of hydrogen-bond acceptors (Lipinski definition) is 5. The van der Waals surface area contributed by atoms with Crippen LogP contribution < -0.4 is 10.6 Å². The number of para-hydroxylation sites is 1. The number of methoxy groups -OCH3 is 1. The van der Waals surface area contributed by atoms with Crippen molar-refractivity contribution in [2.75, 3.05) is 30.9 Å². The van der Waals surface area contributed by atoms with Crippen LogP contribution in [0.1, 0.15) is 6.42 Å². The van der Waals surface area contributed by atoms with E-state index in [1.54, 1.807) is 31.4 Å². The number of halogens is 1. The van der Waals surface area contributed by atoms with Crippen molar-refractivity contribution in [3.63, 3.8) is 0 Å². The SMILES string of the molecule is COCCCNc1cc(Nc2ccccc2F)nc(-c2ccccc2)n1. The van der Waals surface area contributed by atoms with Gasteiger partial charge in [0, 0.05) is 31.9 Å². The van der Waals surface area contributed by atoms with Gasteiger partial charge in [0.1, 0.15) is 17.5 Å². The number of nitrogens with one attached hydrogen (secondary N) is 2. The average Bonchev–Trinajstić information content (AvgIpc) is 2.68. The monoisotopic (exact) mass is 352 g/mol.